The number of fused-ring (bicyclic) bond motifs is 1. The zero-order chi connectivity index (χ0) is 14.2. The minimum absolute atomic E-state index is 0.832. The molecule has 5 heteroatoms. The van der Waals surface area contributed by atoms with Gasteiger partial charge in [0, 0.05) is 19.1 Å². The molecule has 2 fully saturated rings. The van der Waals surface area contributed by atoms with E-state index in [0.29, 0.717) is 0 Å². The quantitative estimate of drug-likeness (QED) is 0.943. The van der Waals surface area contributed by atoms with E-state index in [1.165, 1.54) is 42.5 Å². The molecule has 1 saturated carbocycles. The summed E-state index contributed by atoms with van der Waals surface area (Å²) in [5, 5.41) is 5.86. The van der Waals surface area contributed by atoms with E-state index >= 15 is 0 Å². The normalized spacial score (nSPS) is 20.3. The Hall–Kier alpha value is -1.20. The van der Waals surface area contributed by atoms with Crippen LogP contribution in [0.2, 0.25) is 0 Å². The zero-order valence-electron chi connectivity index (χ0n) is 12.5. The van der Waals surface area contributed by atoms with Gasteiger partial charge in [-0.2, -0.15) is 0 Å². The van der Waals surface area contributed by atoms with Crippen molar-refractivity contribution in [1.82, 2.24) is 15.3 Å². The lowest BCUT2D eigenvalue weighted by Gasteiger charge is -2.33. The summed E-state index contributed by atoms with van der Waals surface area (Å²) in [7, 11) is 0. The summed E-state index contributed by atoms with van der Waals surface area (Å²) in [6, 6.07) is 0.832. The molecule has 4 nitrogen and oxygen atoms in total. The van der Waals surface area contributed by atoms with Gasteiger partial charge < -0.3 is 10.2 Å². The topological polar surface area (TPSA) is 41.0 Å². The Morgan fingerprint density at radius 1 is 1.24 bits per heavy atom. The summed E-state index contributed by atoms with van der Waals surface area (Å²) in [5.74, 6) is 1.98. The van der Waals surface area contributed by atoms with Crippen LogP contribution in [0.3, 0.4) is 0 Å². The lowest BCUT2D eigenvalue weighted by Crippen LogP contribution is -2.38. The van der Waals surface area contributed by atoms with Crippen molar-refractivity contribution in [1.29, 1.82) is 0 Å². The number of aryl methyl sites for hydroxylation is 1. The van der Waals surface area contributed by atoms with E-state index in [0.717, 1.165) is 36.4 Å². The highest BCUT2D eigenvalue weighted by Crippen LogP contribution is 2.32. The molecule has 1 aliphatic carbocycles. The van der Waals surface area contributed by atoms with Crippen molar-refractivity contribution < 1.29 is 0 Å². The van der Waals surface area contributed by atoms with Crippen LogP contribution >= 0.6 is 11.3 Å². The third kappa shape index (κ3) is 2.77. The molecule has 0 unspecified atom stereocenters. The van der Waals surface area contributed by atoms with Gasteiger partial charge in [-0.05, 0) is 56.0 Å². The van der Waals surface area contributed by atoms with Gasteiger partial charge in [0.15, 0.2) is 0 Å². The van der Waals surface area contributed by atoms with E-state index in [1.807, 2.05) is 0 Å². The number of hydrogen-bond acceptors (Lipinski definition) is 5. The maximum Gasteiger partial charge on any atom is 0.150 e. The van der Waals surface area contributed by atoms with Crippen LogP contribution < -0.4 is 10.2 Å². The Morgan fingerprint density at radius 2 is 2.05 bits per heavy atom. The predicted molar refractivity (Wildman–Crippen MR) is 88.1 cm³/mol. The number of rotatable bonds is 4. The summed E-state index contributed by atoms with van der Waals surface area (Å²) in [4.78, 5) is 11.4. The minimum Gasteiger partial charge on any atom is -0.355 e. The molecule has 21 heavy (non-hydrogen) atoms. The van der Waals surface area contributed by atoms with Gasteiger partial charge >= 0.3 is 0 Å². The van der Waals surface area contributed by atoms with E-state index in [9.17, 15) is 0 Å². The van der Waals surface area contributed by atoms with Crippen molar-refractivity contribution in [3.63, 3.8) is 0 Å². The number of nitrogens with zero attached hydrogens (tertiary/aromatic N) is 3. The monoisotopic (exact) mass is 302 g/mol. The second-order valence-corrected chi connectivity index (χ2v) is 7.29. The number of nitrogens with one attached hydrogen (secondary N) is 1. The summed E-state index contributed by atoms with van der Waals surface area (Å²) in [6.45, 7) is 5.58. The van der Waals surface area contributed by atoms with Gasteiger partial charge in [0.1, 0.15) is 12.1 Å². The summed E-state index contributed by atoms with van der Waals surface area (Å²) in [5.41, 5.74) is 2.39. The first-order chi connectivity index (χ1) is 10.3. The van der Waals surface area contributed by atoms with Gasteiger partial charge in [-0.25, -0.2) is 9.97 Å². The molecule has 2 aromatic rings. The van der Waals surface area contributed by atoms with Gasteiger partial charge in [0.2, 0.25) is 0 Å². The fourth-order valence-electron chi connectivity index (χ4n) is 3.15. The third-order valence-corrected chi connectivity index (χ3v) is 5.78. The first-order valence-corrected chi connectivity index (χ1v) is 8.86. The Kier molecular flexibility index (Phi) is 3.55. The number of hydrogen-bond donors (Lipinski definition) is 1. The maximum absolute atomic E-state index is 4.56. The Labute approximate surface area is 129 Å². The van der Waals surface area contributed by atoms with E-state index in [-0.39, 0.29) is 0 Å². The van der Waals surface area contributed by atoms with Crippen molar-refractivity contribution >= 4 is 27.4 Å². The lowest BCUT2D eigenvalue weighted by molar-refractivity contribution is 0.381. The number of anilines is 1. The van der Waals surface area contributed by atoms with Crippen molar-refractivity contribution in [2.75, 3.05) is 24.5 Å². The van der Waals surface area contributed by atoms with Gasteiger partial charge in [0.25, 0.3) is 0 Å². The molecular formula is C16H22N4S. The zero-order valence-corrected chi connectivity index (χ0v) is 13.3. The molecule has 0 radical (unpaired) electrons. The lowest BCUT2D eigenvalue weighted by atomic mass is 9.97. The molecule has 0 aromatic carbocycles. The van der Waals surface area contributed by atoms with Gasteiger partial charge in [-0.1, -0.05) is 0 Å². The second-order valence-electron chi connectivity index (χ2n) is 6.41. The molecule has 0 amide bonds. The molecule has 4 rings (SSSR count). The average molecular weight is 302 g/mol. The van der Waals surface area contributed by atoms with Crippen LogP contribution in [-0.2, 0) is 0 Å². The second kappa shape index (κ2) is 5.54. The molecule has 0 spiro atoms. The first-order valence-electron chi connectivity index (χ1n) is 7.98. The van der Waals surface area contributed by atoms with Gasteiger partial charge in [-0.3, -0.25) is 0 Å². The van der Waals surface area contributed by atoms with Crippen LogP contribution in [0.15, 0.2) is 11.7 Å². The molecule has 2 aliphatic rings. The Balaban J connectivity index is 1.44. The Morgan fingerprint density at radius 3 is 2.81 bits per heavy atom. The third-order valence-electron chi connectivity index (χ3n) is 4.70. The molecule has 112 valence electrons. The average Bonchev–Trinajstić information content (AvgIpc) is 3.28. The van der Waals surface area contributed by atoms with Crippen LogP contribution in [0.4, 0.5) is 5.82 Å². The standard InChI is InChI=1S/C16H22N4S/c1-11-9-21-15-14(11)18-10-19-16(15)20-6-4-12(5-7-20)8-17-13-2-3-13/h9-10,12-13,17H,2-8H2,1H3. The molecule has 2 aromatic heterocycles. The van der Waals surface area contributed by atoms with Gasteiger partial charge in [-0.15, -0.1) is 11.3 Å². The van der Waals surface area contributed by atoms with E-state index < -0.39 is 0 Å². The number of thiophene rings is 1. The first kappa shape index (κ1) is 13.5. The van der Waals surface area contributed by atoms with Gasteiger partial charge in [0.05, 0.1) is 10.2 Å². The summed E-state index contributed by atoms with van der Waals surface area (Å²) < 4.78 is 1.25. The van der Waals surface area contributed by atoms with Crippen molar-refractivity contribution in [3.05, 3.63) is 17.3 Å². The fourth-order valence-corrected chi connectivity index (χ4v) is 4.17. The number of piperidine rings is 1. The molecular weight excluding hydrogens is 280 g/mol. The van der Waals surface area contributed by atoms with Crippen molar-refractivity contribution in [3.8, 4) is 0 Å². The molecule has 0 bridgehead atoms. The van der Waals surface area contributed by atoms with Crippen molar-refractivity contribution in [2.24, 2.45) is 5.92 Å². The van der Waals surface area contributed by atoms with Crippen molar-refractivity contribution in [2.45, 2.75) is 38.6 Å². The Bertz CT molecular complexity index is 626. The van der Waals surface area contributed by atoms with Crippen LogP contribution in [-0.4, -0.2) is 35.6 Å². The maximum atomic E-state index is 4.56. The predicted octanol–water partition coefficient (Wildman–Crippen LogP) is 2.97. The molecule has 1 N–H and O–H groups in total. The molecule has 3 heterocycles. The highest BCUT2D eigenvalue weighted by atomic mass is 32.1. The van der Waals surface area contributed by atoms with E-state index in [4.69, 9.17) is 0 Å². The molecule has 0 atom stereocenters. The van der Waals surface area contributed by atoms with Crippen LogP contribution in [0, 0.1) is 12.8 Å². The summed E-state index contributed by atoms with van der Waals surface area (Å²) in [6.07, 6.45) is 7.04. The van der Waals surface area contributed by atoms with E-state index in [2.05, 4.69) is 32.5 Å². The minimum atomic E-state index is 0.832. The SMILES string of the molecule is Cc1csc2c(N3CCC(CNC4CC4)CC3)ncnc12. The van der Waals surface area contributed by atoms with Crippen LogP contribution in [0.1, 0.15) is 31.2 Å². The van der Waals surface area contributed by atoms with Crippen LogP contribution in [0.25, 0.3) is 10.2 Å². The largest absolute Gasteiger partial charge is 0.355 e. The highest BCUT2D eigenvalue weighted by Gasteiger charge is 2.25. The number of aromatic nitrogens is 2. The fraction of sp³-hybridized carbons (Fsp3) is 0.625. The smallest absolute Gasteiger partial charge is 0.150 e. The van der Waals surface area contributed by atoms with Crippen LogP contribution in [0.5, 0.6) is 0 Å². The highest BCUT2D eigenvalue weighted by molar-refractivity contribution is 7.18. The summed E-state index contributed by atoms with van der Waals surface area (Å²) >= 11 is 1.78. The van der Waals surface area contributed by atoms with E-state index in [1.54, 1.807) is 17.7 Å². The molecule has 1 aliphatic heterocycles. The molecule has 1 saturated heterocycles.